The van der Waals surface area contributed by atoms with E-state index in [1.807, 2.05) is 38.1 Å². The molecule has 2 heterocycles. The first-order valence-corrected chi connectivity index (χ1v) is 17.1. The van der Waals surface area contributed by atoms with Crippen LogP contribution >= 0.6 is 0 Å². The number of nitrogens with zero attached hydrogens (tertiary/aromatic N) is 6. The predicted octanol–water partition coefficient (Wildman–Crippen LogP) is 9.64. The summed E-state index contributed by atoms with van der Waals surface area (Å²) in [4.78, 5) is 7.60. The van der Waals surface area contributed by atoms with Crippen LogP contribution in [0.4, 0.5) is 5.69 Å². The van der Waals surface area contributed by atoms with Crippen molar-refractivity contribution in [2.24, 2.45) is 5.92 Å². The van der Waals surface area contributed by atoms with Crippen LogP contribution in [-0.4, -0.2) is 28.2 Å². The Balaban J connectivity index is 1.62. The standard InChI is InChI=1S/C40H48N6O/c1-7-9-21-45(22-10-8-2)33-18-19-36-37(24-33)46(28-29(3)4)38(44-36)20-17-31-14-11-13-30(23-31)15-12-16-35-34(27-43)39(32(25-41)26-42)47-40(35,5)6/h12,15-20,23-24,29H,7-11,13-14,21-22,28H2,1-6H3/b16-12+,20-17+,30-15+. The fourth-order valence-electron chi connectivity index (χ4n) is 6.15. The average molecular weight is 629 g/mol. The van der Waals surface area contributed by atoms with E-state index in [0.29, 0.717) is 11.5 Å². The van der Waals surface area contributed by atoms with E-state index >= 15 is 0 Å². The first-order chi connectivity index (χ1) is 22.6. The molecule has 1 aromatic heterocycles. The molecule has 4 rings (SSSR count). The predicted molar refractivity (Wildman–Crippen MR) is 191 cm³/mol. The molecule has 0 amide bonds. The third-order valence-corrected chi connectivity index (χ3v) is 8.62. The van der Waals surface area contributed by atoms with E-state index in [-0.39, 0.29) is 16.9 Å². The number of ether oxygens (including phenoxy) is 1. The lowest BCUT2D eigenvalue weighted by Gasteiger charge is -2.25. The van der Waals surface area contributed by atoms with E-state index in [4.69, 9.17) is 9.72 Å². The number of anilines is 1. The highest BCUT2D eigenvalue weighted by Gasteiger charge is 2.38. The normalized spacial score (nSPS) is 17.0. The van der Waals surface area contributed by atoms with Crippen LogP contribution in [0.25, 0.3) is 17.1 Å². The summed E-state index contributed by atoms with van der Waals surface area (Å²) in [7, 11) is 0. The van der Waals surface area contributed by atoms with Crippen molar-refractivity contribution in [1.82, 2.24) is 9.55 Å². The molecule has 7 nitrogen and oxygen atoms in total. The fourth-order valence-corrected chi connectivity index (χ4v) is 6.15. The molecule has 0 radical (unpaired) electrons. The monoisotopic (exact) mass is 628 g/mol. The Morgan fingerprint density at radius 1 is 1.04 bits per heavy atom. The highest BCUT2D eigenvalue weighted by molar-refractivity contribution is 5.82. The van der Waals surface area contributed by atoms with Gasteiger partial charge in [-0.1, -0.05) is 70.9 Å². The van der Waals surface area contributed by atoms with Crippen molar-refractivity contribution in [3.8, 4) is 18.2 Å². The van der Waals surface area contributed by atoms with Crippen LogP contribution in [0, 0.1) is 39.9 Å². The van der Waals surface area contributed by atoms with E-state index in [9.17, 15) is 15.8 Å². The minimum absolute atomic E-state index is 0.0600. The molecule has 0 fully saturated rings. The second-order valence-electron chi connectivity index (χ2n) is 13.3. The zero-order valence-electron chi connectivity index (χ0n) is 28.9. The molecule has 0 N–H and O–H groups in total. The number of nitriles is 3. The van der Waals surface area contributed by atoms with E-state index in [1.165, 1.54) is 48.0 Å². The van der Waals surface area contributed by atoms with Gasteiger partial charge in [0.05, 0.1) is 11.0 Å². The number of benzene rings is 1. The van der Waals surface area contributed by atoms with Gasteiger partial charge in [-0.2, -0.15) is 15.8 Å². The summed E-state index contributed by atoms with van der Waals surface area (Å²) in [6, 6.07) is 12.6. The van der Waals surface area contributed by atoms with Crippen molar-refractivity contribution >= 4 is 22.8 Å². The largest absolute Gasteiger partial charge is 0.480 e. The summed E-state index contributed by atoms with van der Waals surface area (Å²) in [6.07, 6.45) is 20.2. The topological polar surface area (TPSA) is 102 Å². The van der Waals surface area contributed by atoms with Crippen LogP contribution in [0.1, 0.15) is 92.3 Å². The van der Waals surface area contributed by atoms with Gasteiger partial charge in [-0.15, -0.1) is 0 Å². The van der Waals surface area contributed by atoms with Gasteiger partial charge in [0.15, 0.2) is 11.3 Å². The van der Waals surface area contributed by atoms with Gasteiger partial charge < -0.3 is 14.2 Å². The van der Waals surface area contributed by atoms with E-state index in [0.717, 1.165) is 50.2 Å². The Morgan fingerprint density at radius 3 is 2.40 bits per heavy atom. The molecule has 1 aromatic carbocycles. The van der Waals surface area contributed by atoms with Crippen molar-refractivity contribution in [2.75, 3.05) is 18.0 Å². The third-order valence-electron chi connectivity index (χ3n) is 8.62. The summed E-state index contributed by atoms with van der Waals surface area (Å²) in [5.41, 5.74) is 5.84. The number of fused-ring (bicyclic) bond motifs is 1. The summed E-state index contributed by atoms with van der Waals surface area (Å²) < 4.78 is 8.26. The molecular formula is C40H48N6O. The van der Waals surface area contributed by atoms with Crippen LogP contribution in [-0.2, 0) is 11.3 Å². The summed E-state index contributed by atoms with van der Waals surface area (Å²) in [5.74, 6) is 1.53. The molecule has 0 unspecified atom stereocenters. The van der Waals surface area contributed by atoms with Crippen LogP contribution in [0.5, 0.6) is 0 Å². The van der Waals surface area contributed by atoms with Gasteiger partial charge >= 0.3 is 0 Å². The Hall–Kier alpha value is -4.80. The number of hydrogen-bond acceptors (Lipinski definition) is 6. The zero-order chi connectivity index (χ0) is 34.0. The molecule has 0 saturated heterocycles. The lowest BCUT2D eigenvalue weighted by molar-refractivity contribution is 0.0954. The second kappa shape index (κ2) is 16.2. The molecule has 1 aliphatic carbocycles. The summed E-state index contributed by atoms with van der Waals surface area (Å²) in [6.45, 7) is 15.7. The van der Waals surface area contributed by atoms with Gasteiger partial charge in [-0.25, -0.2) is 4.98 Å². The molecule has 0 bridgehead atoms. The number of hydrogen-bond donors (Lipinski definition) is 0. The van der Waals surface area contributed by atoms with Crippen molar-refractivity contribution in [2.45, 2.75) is 98.6 Å². The Bertz CT molecular complexity index is 1750. The molecule has 47 heavy (non-hydrogen) atoms. The number of imidazole rings is 1. The minimum Gasteiger partial charge on any atom is -0.480 e. The van der Waals surface area contributed by atoms with Gasteiger partial charge in [0.1, 0.15) is 35.2 Å². The van der Waals surface area contributed by atoms with Crippen molar-refractivity contribution in [1.29, 1.82) is 15.8 Å². The van der Waals surface area contributed by atoms with Crippen LogP contribution in [0.15, 0.2) is 82.2 Å². The van der Waals surface area contributed by atoms with Gasteiger partial charge in [-0.05, 0) is 87.3 Å². The highest BCUT2D eigenvalue weighted by atomic mass is 16.5. The number of allylic oxidation sites excluding steroid dienone is 8. The minimum atomic E-state index is -0.823. The first kappa shape index (κ1) is 35.1. The van der Waals surface area contributed by atoms with Gasteiger partial charge in [0, 0.05) is 30.9 Å². The molecule has 0 spiro atoms. The molecule has 0 saturated carbocycles. The Labute approximate surface area is 281 Å². The molecule has 1 aliphatic heterocycles. The van der Waals surface area contributed by atoms with Crippen molar-refractivity contribution in [3.63, 3.8) is 0 Å². The second-order valence-corrected chi connectivity index (χ2v) is 13.3. The van der Waals surface area contributed by atoms with Crippen molar-refractivity contribution < 1.29 is 4.74 Å². The quantitative estimate of drug-likeness (QED) is 0.205. The molecular weight excluding hydrogens is 580 g/mol. The maximum Gasteiger partial charge on any atom is 0.172 e. The van der Waals surface area contributed by atoms with Crippen LogP contribution in [0.3, 0.4) is 0 Å². The lowest BCUT2D eigenvalue weighted by atomic mass is 9.93. The average Bonchev–Trinajstić information content (AvgIpc) is 3.52. The lowest BCUT2D eigenvalue weighted by Crippen LogP contribution is -2.25. The summed E-state index contributed by atoms with van der Waals surface area (Å²) in [5, 5.41) is 28.5. The fraction of sp³-hybridized carbons (Fsp3) is 0.450. The van der Waals surface area contributed by atoms with Crippen LogP contribution in [0.2, 0.25) is 0 Å². The Morgan fingerprint density at radius 2 is 1.77 bits per heavy atom. The first-order valence-electron chi connectivity index (χ1n) is 17.1. The zero-order valence-corrected chi connectivity index (χ0v) is 28.9. The smallest absolute Gasteiger partial charge is 0.172 e. The molecule has 2 aliphatic rings. The van der Waals surface area contributed by atoms with Gasteiger partial charge in [-0.3, -0.25) is 0 Å². The highest BCUT2D eigenvalue weighted by Crippen LogP contribution is 2.40. The third kappa shape index (κ3) is 8.52. The van der Waals surface area contributed by atoms with E-state index in [1.54, 1.807) is 0 Å². The van der Waals surface area contributed by atoms with Crippen LogP contribution < -0.4 is 4.90 Å². The molecule has 2 aromatic rings. The maximum absolute atomic E-state index is 9.81. The number of unbranched alkanes of at least 4 members (excludes halogenated alkanes) is 2. The van der Waals surface area contributed by atoms with E-state index < -0.39 is 5.60 Å². The molecule has 0 atom stereocenters. The molecule has 7 heteroatoms. The maximum atomic E-state index is 9.81. The van der Waals surface area contributed by atoms with Gasteiger partial charge in [0.25, 0.3) is 0 Å². The summed E-state index contributed by atoms with van der Waals surface area (Å²) >= 11 is 0. The SMILES string of the molecule is CCCCN(CCCC)c1ccc2nc(/C=C/C3=CC(=C/C=C/C4=C(C#N)C(=C(C#N)C#N)OC4(C)C)/CCC3)n(CC(C)C)c2c1. The number of aromatic nitrogens is 2. The van der Waals surface area contributed by atoms with Gasteiger partial charge in [0.2, 0.25) is 0 Å². The Kier molecular flexibility index (Phi) is 12.1. The molecule has 244 valence electrons. The number of rotatable bonds is 13. The van der Waals surface area contributed by atoms with Crippen molar-refractivity contribution in [3.05, 3.63) is 88.0 Å². The van der Waals surface area contributed by atoms with E-state index in [2.05, 4.69) is 85.7 Å².